The van der Waals surface area contributed by atoms with Gasteiger partial charge in [0.2, 0.25) is 15.9 Å². The van der Waals surface area contributed by atoms with Crippen molar-refractivity contribution in [3.63, 3.8) is 0 Å². The van der Waals surface area contributed by atoms with Crippen LogP contribution in [-0.4, -0.2) is 49.5 Å². The molecule has 2 aromatic carbocycles. The molecule has 2 aromatic rings. The van der Waals surface area contributed by atoms with E-state index >= 15 is 0 Å². The van der Waals surface area contributed by atoms with E-state index in [0.717, 1.165) is 41.3 Å². The third-order valence-electron chi connectivity index (χ3n) is 6.38. The Balaban J connectivity index is 1.82. The van der Waals surface area contributed by atoms with Crippen molar-refractivity contribution in [2.75, 3.05) is 23.7 Å². The molecule has 1 aliphatic rings. The molecule has 1 atom stereocenters. The first-order chi connectivity index (χ1) is 16.6. The Kier molecular flexibility index (Phi) is 8.85. The molecule has 0 aliphatic carbocycles. The van der Waals surface area contributed by atoms with E-state index in [1.165, 1.54) is 37.5 Å². The molecule has 1 heterocycles. The second-order valence-electron chi connectivity index (χ2n) is 9.03. The number of non-ortho nitro benzene ring substituents is 1. The lowest BCUT2D eigenvalue weighted by molar-refractivity contribution is -0.384. The molecular formula is C25H34N4O5S. The summed E-state index contributed by atoms with van der Waals surface area (Å²) in [5.74, 6) is -0.448. The van der Waals surface area contributed by atoms with E-state index in [1.54, 1.807) is 13.8 Å². The maximum Gasteiger partial charge on any atom is 0.271 e. The number of nitro groups is 1. The van der Waals surface area contributed by atoms with Gasteiger partial charge in [0.25, 0.3) is 5.69 Å². The average molecular weight is 503 g/mol. The van der Waals surface area contributed by atoms with Crippen molar-refractivity contribution in [2.45, 2.75) is 58.7 Å². The van der Waals surface area contributed by atoms with Crippen molar-refractivity contribution in [3.8, 4) is 0 Å². The molecule has 0 radical (unpaired) electrons. The Morgan fingerprint density at radius 3 is 2.40 bits per heavy atom. The standard InChI is InChI=1S/C25H34N4O5S/c1-4-23(28(35(3,33)34)24-16-22(29(31)32)13-12-19(24)2)25(30)26-17-20-10-6-7-11-21(20)18-27-14-8-5-9-15-27/h6-7,10-13,16,23H,4-5,8-9,14-15,17-18H2,1-3H3,(H,26,30). The van der Waals surface area contributed by atoms with Crippen molar-refractivity contribution >= 4 is 27.3 Å². The Hall–Kier alpha value is -2.98. The third kappa shape index (κ3) is 6.79. The normalized spacial score (nSPS) is 15.4. The molecule has 0 aromatic heterocycles. The predicted octanol–water partition coefficient (Wildman–Crippen LogP) is 3.75. The zero-order chi connectivity index (χ0) is 25.6. The number of carbonyl (C=O) groups is 1. The number of hydrogen-bond acceptors (Lipinski definition) is 6. The lowest BCUT2D eigenvalue weighted by atomic mass is 10.0. The SMILES string of the molecule is CCC(C(=O)NCc1ccccc1CN1CCCCC1)N(c1cc([N+](=O)[O-])ccc1C)S(C)(=O)=O. The number of anilines is 1. The lowest BCUT2D eigenvalue weighted by Crippen LogP contribution is -2.49. The highest BCUT2D eigenvalue weighted by molar-refractivity contribution is 7.92. The number of likely N-dealkylation sites (tertiary alicyclic amines) is 1. The number of piperidine rings is 1. The van der Waals surface area contributed by atoms with Crippen molar-refractivity contribution in [1.82, 2.24) is 10.2 Å². The molecule has 10 heteroatoms. The van der Waals surface area contributed by atoms with Crippen LogP contribution in [0.2, 0.25) is 0 Å². The minimum absolute atomic E-state index is 0.134. The summed E-state index contributed by atoms with van der Waals surface area (Å²) >= 11 is 0. The van der Waals surface area contributed by atoms with Crippen LogP contribution in [0.5, 0.6) is 0 Å². The summed E-state index contributed by atoms with van der Waals surface area (Å²) in [6.45, 7) is 6.59. The Labute approximate surface area is 207 Å². The first-order valence-corrected chi connectivity index (χ1v) is 13.8. The van der Waals surface area contributed by atoms with Crippen LogP contribution in [0.3, 0.4) is 0 Å². The number of hydrogen-bond donors (Lipinski definition) is 1. The van der Waals surface area contributed by atoms with Crippen molar-refractivity contribution in [3.05, 3.63) is 69.3 Å². The van der Waals surface area contributed by atoms with E-state index in [9.17, 15) is 23.3 Å². The van der Waals surface area contributed by atoms with E-state index in [4.69, 9.17) is 0 Å². The molecule has 0 saturated carbocycles. The van der Waals surface area contributed by atoms with Crippen LogP contribution in [0.15, 0.2) is 42.5 Å². The zero-order valence-corrected chi connectivity index (χ0v) is 21.4. The van der Waals surface area contributed by atoms with Crippen LogP contribution in [0, 0.1) is 17.0 Å². The van der Waals surface area contributed by atoms with Gasteiger partial charge in [-0.2, -0.15) is 0 Å². The molecule has 1 amide bonds. The van der Waals surface area contributed by atoms with Gasteiger partial charge in [-0.3, -0.25) is 24.1 Å². The number of aryl methyl sites for hydroxylation is 1. The van der Waals surface area contributed by atoms with E-state index < -0.39 is 26.9 Å². The van der Waals surface area contributed by atoms with Crippen LogP contribution in [0.25, 0.3) is 0 Å². The number of rotatable bonds is 10. The Bertz CT molecular complexity index is 1160. The highest BCUT2D eigenvalue weighted by atomic mass is 32.2. The molecule has 1 N–H and O–H groups in total. The van der Waals surface area contributed by atoms with Crippen molar-refractivity contribution < 1.29 is 18.1 Å². The van der Waals surface area contributed by atoms with Gasteiger partial charge in [0.1, 0.15) is 6.04 Å². The van der Waals surface area contributed by atoms with Gasteiger partial charge < -0.3 is 5.32 Å². The average Bonchev–Trinajstić information content (AvgIpc) is 2.82. The smallest absolute Gasteiger partial charge is 0.271 e. The number of amides is 1. The number of nitrogens with zero attached hydrogens (tertiary/aromatic N) is 3. The maximum absolute atomic E-state index is 13.3. The monoisotopic (exact) mass is 502 g/mol. The highest BCUT2D eigenvalue weighted by Gasteiger charge is 2.33. The molecule has 1 aliphatic heterocycles. The summed E-state index contributed by atoms with van der Waals surface area (Å²) in [6.07, 6.45) is 4.85. The number of benzene rings is 2. The summed E-state index contributed by atoms with van der Waals surface area (Å²) in [6, 6.07) is 10.9. The topological polar surface area (TPSA) is 113 Å². The molecule has 9 nitrogen and oxygen atoms in total. The fourth-order valence-corrected chi connectivity index (χ4v) is 5.79. The molecule has 1 unspecified atom stereocenters. The number of sulfonamides is 1. The maximum atomic E-state index is 13.3. The van der Waals surface area contributed by atoms with Crippen LogP contribution in [0.4, 0.5) is 11.4 Å². The molecule has 0 bridgehead atoms. The molecule has 0 spiro atoms. The predicted molar refractivity (Wildman–Crippen MR) is 137 cm³/mol. The molecule has 1 saturated heterocycles. The second kappa shape index (κ2) is 11.6. The van der Waals surface area contributed by atoms with Crippen LogP contribution >= 0.6 is 0 Å². The van der Waals surface area contributed by atoms with Crippen LogP contribution in [-0.2, 0) is 27.9 Å². The number of nitro benzene ring substituents is 1. The summed E-state index contributed by atoms with van der Waals surface area (Å²) in [5, 5.41) is 14.2. The van der Waals surface area contributed by atoms with Crippen LogP contribution in [0.1, 0.15) is 49.3 Å². The molecule has 3 rings (SSSR count). The Morgan fingerprint density at radius 2 is 1.80 bits per heavy atom. The minimum Gasteiger partial charge on any atom is -0.350 e. The molecule has 1 fully saturated rings. The first-order valence-electron chi connectivity index (χ1n) is 11.9. The summed E-state index contributed by atoms with van der Waals surface area (Å²) in [7, 11) is -3.91. The van der Waals surface area contributed by atoms with E-state index in [0.29, 0.717) is 5.56 Å². The summed E-state index contributed by atoms with van der Waals surface area (Å²) in [5.41, 5.74) is 2.55. The summed E-state index contributed by atoms with van der Waals surface area (Å²) < 4.78 is 26.6. The van der Waals surface area contributed by atoms with Crippen LogP contribution < -0.4 is 9.62 Å². The van der Waals surface area contributed by atoms with Gasteiger partial charge in [-0.15, -0.1) is 0 Å². The second-order valence-corrected chi connectivity index (χ2v) is 10.9. The van der Waals surface area contributed by atoms with E-state index in [-0.39, 0.29) is 24.3 Å². The van der Waals surface area contributed by atoms with Gasteiger partial charge in [0, 0.05) is 25.2 Å². The number of carbonyl (C=O) groups excluding carboxylic acids is 1. The fraction of sp³-hybridized carbons (Fsp3) is 0.480. The largest absolute Gasteiger partial charge is 0.350 e. The van der Waals surface area contributed by atoms with Gasteiger partial charge in [0.15, 0.2) is 0 Å². The van der Waals surface area contributed by atoms with E-state index in [1.807, 2.05) is 18.2 Å². The lowest BCUT2D eigenvalue weighted by Gasteiger charge is -2.31. The quantitative estimate of drug-likeness (QED) is 0.391. The number of nitrogens with one attached hydrogen (secondary N) is 1. The van der Waals surface area contributed by atoms with Crippen molar-refractivity contribution in [2.24, 2.45) is 0 Å². The van der Waals surface area contributed by atoms with Gasteiger partial charge in [0.05, 0.1) is 16.9 Å². The molecule has 190 valence electrons. The third-order valence-corrected chi connectivity index (χ3v) is 7.55. The summed E-state index contributed by atoms with van der Waals surface area (Å²) in [4.78, 5) is 26.4. The van der Waals surface area contributed by atoms with Gasteiger partial charge in [-0.1, -0.05) is 43.7 Å². The highest BCUT2D eigenvalue weighted by Crippen LogP contribution is 2.30. The Morgan fingerprint density at radius 1 is 1.14 bits per heavy atom. The zero-order valence-electron chi connectivity index (χ0n) is 20.6. The first kappa shape index (κ1) is 26.6. The van der Waals surface area contributed by atoms with E-state index in [2.05, 4.69) is 16.3 Å². The van der Waals surface area contributed by atoms with Gasteiger partial charge in [-0.05, 0) is 56.0 Å². The fourth-order valence-electron chi connectivity index (χ4n) is 4.53. The molecular weight excluding hydrogens is 468 g/mol. The molecule has 35 heavy (non-hydrogen) atoms. The minimum atomic E-state index is -3.91. The van der Waals surface area contributed by atoms with Gasteiger partial charge in [-0.25, -0.2) is 8.42 Å². The van der Waals surface area contributed by atoms with Crippen molar-refractivity contribution in [1.29, 1.82) is 0 Å². The van der Waals surface area contributed by atoms with Gasteiger partial charge >= 0.3 is 0 Å².